The molecule has 0 spiro atoms. The topological polar surface area (TPSA) is 32.1 Å². The van der Waals surface area contributed by atoms with Crippen molar-refractivity contribution in [2.75, 3.05) is 14.2 Å². The third-order valence-electron chi connectivity index (χ3n) is 2.20. The Morgan fingerprint density at radius 3 is 1.75 bits per heavy atom. The SMILES string of the molecule is COc1ccc(-c2ccccc2)cc1.C[OH2+]. The summed E-state index contributed by atoms with van der Waals surface area (Å²) >= 11 is 0. The summed E-state index contributed by atoms with van der Waals surface area (Å²) in [6, 6.07) is 18.4. The van der Waals surface area contributed by atoms with Crippen molar-refractivity contribution in [2.24, 2.45) is 0 Å². The van der Waals surface area contributed by atoms with Crippen LogP contribution in [0, 0.1) is 0 Å². The fraction of sp³-hybridized carbons (Fsp3) is 0.143. The van der Waals surface area contributed by atoms with Gasteiger partial charge in [0.1, 0.15) is 12.9 Å². The number of rotatable bonds is 2. The van der Waals surface area contributed by atoms with E-state index in [1.54, 1.807) is 7.11 Å². The molecular formula is C14H17O2+. The molecular weight excluding hydrogens is 200 g/mol. The Morgan fingerprint density at radius 2 is 1.25 bits per heavy atom. The van der Waals surface area contributed by atoms with Gasteiger partial charge >= 0.3 is 0 Å². The molecule has 2 nitrogen and oxygen atoms in total. The molecule has 0 saturated heterocycles. The maximum atomic E-state index is 5.75. The molecule has 2 heteroatoms. The van der Waals surface area contributed by atoms with E-state index in [1.807, 2.05) is 30.3 Å². The summed E-state index contributed by atoms with van der Waals surface area (Å²) in [6.45, 7) is 0. The molecule has 0 aliphatic rings. The van der Waals surface area contributed by atoms with E-state index in [0.29, 0.717) is 0 Å². The summed E-state index contributed by atoms with van der Waals surface area (Å²) in [5.74, 6) is 0.893. The van der Waals surface area contributed by atoms with Crippen LogP contribution >= 0.6 is 0 Å². The lowest BCUT2D eigenvalue weighted by Gasteiger charge is -2.02. The van der Waals surface area contributed by atoms with E-state index in [4.69, 9.17) is 9.84 Å². The molecule has 0 heterocycles. The van der Waals surface area contributed by atoms with Gasteiger partial charge in [0.2, 0.25) is 0 Å². The van der Waals surface area contributed by atoms with Crippen LogP contribution in [0.25, 0.3) is 11.1 Å². The maximum absolute atomic E-state index is 5.75. The lowest BCUT2D eigenvalue weighted by Crippen LogP contribution is -1.82. The molecule has 0 unspecified atom stereocenters. The monoisotopic (exact) mass is 217 g/mol. The van der Waals surface area contributed by atoms with Gasteiger partial charge in [-0.15, -0.1) is 0 Å². The minimum absolute atomic E-state index is 0.893. The molecule has 2 aromatic carbocycles. The summed E-state index contributed by atoms with van der Waals surface area (Å²) < 4.78 is 5.11. The molecule has 0 amide bonds. The molecule has 0 aliphatic carbocycles. The number of ether oxygens (including phenoxy) is 1. The summed E-state index contributed by atoms with van der Waals surface area (Å²) in [6.07, 6.45) is 0. The molecule has 0 aromatic heterocycles. The first kappa shape index (κ1) is 12.3. The Morgan fingerprint density at radius 1 is 0.750 bits per heavy atom. The highest BCUT2D eigenvalue weighted by atomic mass is 16.5. The normalized spacial score (nSPS) is 8.94. The average molecular weight is 217 g/mol. The van der Waals surface area contributed by atoms with Crippen molar-refractivity contribution in [3.05, 3.63) is 54.6 Å². The zero-order chi connectivity index (χ0) is 11.8. The average Bonchev–Trinajstić information content (AvgIpc) is 2.42. The molecule has 0 atom stereocenters. The van der Waals surface area contributed by atoms with E-state index in [1.165, 1.54) is 18.2 Å². The predicted octanol–water partition coefficient (Wildman–Crippen LogP) is 2.70. The molecule has 2 rings (SSSR count). The van der Waals surface area contributed by atoms with Crippen LogP contribution < -0.4 is 4.74 Å². The first-order valence-electron chi connectivity index (χ1n) is 5.09. The Balaban J connectivity index is 0.000000606. The number of hydrogen-bond acceptors (Lipinski definition) is 1. The van der Waals surface area contributed by atoms with E-state index >= 15 is 0 Å². The summed E-state index contributed by atoms with van der Waals surface area (Å²) in [4.78, 5) is 0. The fourth-order valence-electron chi connectivity index (χ4n) is 1.41. The van der Waals surface area contributed by atoms with Gasteiger partial charge in [0.25, 0.3) is 0 Å². The Hall–Kier alpha value is -1.80. The highest BCUT2D eigenvalue weighted by molar-refractivity contribution is 5.63. The number of hydrogen-bond donors (Lipinski definition) is 0. The second kappa shape index (κ2) is 6.64. The van der Waals surface area contributed by atoms with Crippen LogP contribution in [0.2, 0.25) is 0 Å². The summed E-state index contributed by atoms with van der Waals surface area (Å²) in [5, 5.41) is 5.75. The molecule has 0 aliphatic heterocycles. The highest BCUT2D eigenvalue weighted by Gasteiger charge is 1.95. The van der Waals surface area contributed by atoms with Gasteiger partial charge in [-0.05, 0) is 23.3 Å². The summed E-state index contributed by atoms with van der Waals surface area (Å²) in [7, 11) is 2.93. The van der Waals surface area contributed by atoms with Crippen LogP contribution in [0.5, 0.6) is 5.75 Å². The van der Waals surface area contributed by atoms with Gasteiger partial charge in [-0.1, -0.05) is 42.5 Å². The number of methoxy groups -OCH3 is 1. The lowest BCUT2D eigenvalue weighted by atomic mass is 10.1. The second-order valence-corrected chi connectivity index (χ2v) is 3.09. The molecule has 0 bridgehead atoms. The fourth-order valence-corrected chi connectivity index (χ4v) is 1.41. The third kappa shape index (κ3) is 3.11. The minimum Gasteiger partial charge on any atom is -0.497 e. The first-order chi connectivity index (χ1) is 7.90. The van der Waals surface area contributed by atoms with Gasteiger partial charge in [-0.3, -0.25) is 0 Å². The van der Waals surface area contributed by atoms with Gasteiger partial charge in [0.05, 0.1) is 7.11 Å². The minimum atomic E-state index is 0.893. The van der Waals surface area contributed by atoms with Gasteiger partial charge in [-0.2, -0.15) is 0 Å². The van der Waals surface area contributed by atoms with Crippen LogP contribution in [-0.4, -0.2) is 19.3 Å². The van der Waals surface area contributed by atoms with Crippen molar-refractivity contribution >= 4 is 0 Å². The molecule has 2 aromatic rings. The highest BCUT2D eigenvalue weighted by Crippen LogP contribution is 2.21. The molecule has 2 N–H and O–H groups in total. The van der Waals surface area contributed by atoms with Crippen molar-refractivity contribution in [3.63, 3.8) is 0 Å². The van der Waals surface area contributed by atoms with Crippen molar-refractivity contribution < 1.29 is 9.84 Å². The first-order valence-corrected chi connectivity index (χ1v) is 5.09. The third-order valence-corrected chi connectivity index (χ3v) is 2.20. The van der Waals surface area contributed by atoms with Crippen LogP contribution in [0.4, 0.5) is 0 Å². The van der Waals surface area contributed by atoms with Gasteiger partial charge in [0, 0.05) is 0 Å². The van der Waals surface area contributed by atoms with E-state index in [2.05, 4.69) is 24.3 Å². The zero-order valence-corrected chi connectivity index (χ0v) is 9.60. The Labute approximate surface area is 96.1 Å². The largest absolute Gasteiger partial charge is 0.497 e. The van der Waals surface area contributed by atoms with E-state index < -0.39 is 0 Å². The molecule has 0 fully saturated rings. The van der Waals surface area contributed by atoms with Crippen LogP contribution in [0.1, 0.15) is 0 Å². The Bertz CT molecular complexity index is 393. The van der Waals surface area contributed by atoms with Crippen molar-refractivity contribution in [1.29, 1.82) is 0 Å². The van der Waals surface area contributed by atoms with Crippen molar-refractivity contribution in [2.45, 2.75) is 0 Å². The van der Waals surface area contributed by atoms with Crippen molar-refractivity contribution in [1.82, 2.24) is 0 Å². The van der Waals surface area contributed by atoms with Gasteiger partial charge < -0.3 is 9.84 Å². The molecule has 0 saturated carbocycles. The van der Waals surface area contributed by atoms with Gasteiger partial charge in [-0.25, -0.2) is 0 Å². The van der Waals surface area contributed by atoms with Crippen LogP contribution in [0.15, 0.2) is 54.6 Å². The van der Waals surface area contributed by atoms with Crippen LogP contribution in [-0.2, 0) is 0 Å². The van der Waals surface area contributed by atoms with E-state index in [-0.39, 0.29) is 0 Å². The summed E-state index contributed by atoms with van der Waals surface area (Å²) in [5.41, 5.74) is 2.45. The zero-order valence-electron chi connectivity index (χ0n) is 9.60. The smallest absolute Gasteiger partial charge is 0.133 e. The Kier molecular flexibility index (Phi) is 5.09. The van der Waals surface area contributed by atoms with E-state index in [9.17, 15) is 0 Å². The van der Waals surface area contributed by atoms with Crippen molar-refractivity contribution in [3.8, 4) is 16.9 Å². The van der Waals surface area contributed by atoms with E-state index in [0.717, 1.165) is 5.75 Å². The predicted molar refractivity (Wildman–Crippen MR) is 68.0 cm³/mol. The second-order valence-electron chi connectivity index (χ2n) is 3.09. The quantitative estimate of drug-likeness (QED) is 0.712. The molecule has 0 radical (unpaired) electrons. The number of benzene rings is 2. The molecule has 16 heavy (non-hydrogen) atoms. The maximum Gasteiger partial charge on any atom is 0.133 e. The lowest BCUT2D eigenvalue weighted by molar-refractivity contribution is 0.399. The molecule has 84 valence electrons. The van der Waals surface area contributed by atoms with Gasteiger partial charge in [0.15, 0.2) is 0 Å². The standard InChI is InChI=1S/C13H12O.CH4O/c1-14-13-9-7-12(8-10-13)11-5-3-2-4-6-11;1-2/h2-10H,1H3;2H,1H3/p+1. The van der Waals surface area contributed by atoms with Crippen LogP contribution in [0.3, 0.4) is 0 Å².